The van der Waals surface area contributed by atoms with Crippen molar-refractivity contribution in [3.8, 4) is 0 Å². The van der Waals surface area contributed by atoms with Gasteiger partial charge in [0.05, 0.1) is 10.2 Å². The molecule has 0 aliphatic heterocycles. The second-order valence-corrected chi connectivity index (χ2v) is 6.91. The molecule has 0 spiro atoms. The summed E-state index contributed by atoms with van der Waals surface area (Å²) in [6.07, 6.45) is 0.409. The topological polar surface area (TPSA) is 71.1 Å². The molecule has 0 aliphatic rings. The van der Waals surface area contributed by atoms with Crippen molar-refractivity contribution in [2.75, 3.05) is 10.6 Å². The van der Waals surface area contributed by atoms with Gasteiger partial charge in [0.2, 0.25) is 5.91 Å². The van der Waals surface area contributed by atoms with Gasteiger partial charge in [-0.25, -0.2) is 4.98 Å². The first kappa shape index (κ1) is 17.1. The highest BCUT2D eigenvalue weighted by Crippen LogP contribution is 2.31. The van der Waals surface area contributed by atoms with E-state index in [2.05, 4.69) is 15.6 Å². The number of benzene rings is 2. The lowest BCUT2D eigenvalue weighted by Crippen LogP contribution is -2.11. The van der Waals surface area contributed by atoms with Crippen molar-refractivity contribution in [1.82, 2.24) is 4.98 Å². The maximum atomic E-state index is 12.4. The fraction of sp³-hybridized carbons (Fsp3) is 0.211. The van der Waals surface area contributed by atoms with Crippen molar-refractivity contribution in [3.05, 3.63) is 53.1 Å². The minimum Gasteiger partial charge on any atom is -0.322 e. The highest BCUT2D eigenvalue weighted by atomic mass is 32.1. The van der Waals surface area contributed by atoms with Gasteiger partial charge in [0.25, 0.3) is 5.91 Å². The minimum atomic E-state index is -0.150. The Kier molecular flexibility index (Phi) is 4.81. The molecule has 6 heteroatoms. The highest BCUT2D eigenvalue weighted by molar-refractivity contribution is 7.22. The predicted octanol–water partition coefficient (Wildman–Crippen LogP) is 4.51. The van der Waals surface area contributed by atoms with Crippen molar-refractivity contribution in [3.63, 3.8) is 0 Å². The molecule has 0 atom stereocenters. The summed E-state index contributed by atoms with van der Waals surface area (Å²) in [5.41, 5.74) is 4.23. The van der Waals surface area contributed by atoms with Gasteiger partial charge in [0.1, 0.15) is 0 Å². The normalized spacial score (nSPS) is 10.7. The molecule has 2 amide bonds. The Morgan fingerprint density at radius 2 is 1.80 bits per heavy atom. The molecule has 1 heterocycles. The van der Waals surface area contributed by atoms with Gasteiger partial charge in [0.15, 0.2) is 5.13 Å². The number of carbonyl (C=O) groups is 2. The van der Waals surface area contributed by atoms with E-state index >= 15 is 0 Å². The van der Waals surface area contributed by atoms with E-state index in [-0.39, 0.29) is 11.8 Å². The number of hydrogen-bond donors (Lipinski definition) is 2. The van der Waals surface area contributed by atoms with Crippen LogP contribution in [0.4, 0.5) is 10.8 Å². The van der Waals surface area contributed by atoms with Gasteiger partial charge in [-0.3, -0.25) is 9.59 Å². The van der Waals surface area contributed by atoms with E-state index in [4.69, 9.17) is 0 Å². The largest absolute Gasteiger partial charge is 0.322 e. The van der Waals surface area contributed by atoms with Crippen LogP contribution in [0.3, 0.4) is 0 Å². The van der Waals surface area contributed by atoms with Crippen molar-refractivity contribution < 1.29 is 9.59 Å². The first-order valence-corrected chi connectivity index (χ1v) is 8.87. The molecule has 25 heavy (non-hydrogen) atoms. The molecule has 0 aliphatic carbocycles. The molecule has 1 aromatic heterocycles. The Hall–Kier alpha value is -2.73. The number of aromatic nitrogens is 1. The summed E-state index contributed by atoms with van der Waals surface area (Å²) in [5.74, 6) is -0.215. The van der Waals surface area contributed by atoms with E-state index in [1.54, 1.807) is 19.1 Å². The molecular weight excluding hydrogens is 334 g/mol. The lowest BCUT2D eigenvalue weighted by atomic mass is 10.1. The third-order valence-corrected chi connectivity index (χ3v) is 4.74. The van der Waals surface area contributed by atoms with Crippen LogP contribution in [0.5, 0.6) is 0 Å². The first-order valence-electron chi connectivity index (χ1n) is 8.05. The molecule has 0 radical (unpaired) electrons. The summed E-state index contributed by atoms with van der Waals surface area (Å²) in [4.78, 5) is 28.4. The van der Waals surface area contributed by atoms with E-state index < -0.39 is 0 Å². The molecule has 0 unspecified atom stereocenters. The number of nitrogens with zero attached hydrogens (tertiary/aromatic N) is 1. The number of fused-ring (bicyclic) bond motifs is 1. The molecule has 0 saturated heterocycles. The van der Waals surface area contributed by atoms with Gasteiger partial charge in [-0.2, -0.15) is 0 Å². The van der Waals surface area contributed by atoms with Gasteiger partial charge < -0.3 is 10.6 Å². The number of anilines is 2. The summed E-state index contributed by atoms with van der Waals surface area (Å²) < 4.78 is 0.922. The Bertz CT molecular complexity index is 945. The van der Waals surface area contributed by atoms with Crippen LogP contribution in [0.15, 0.2) is 36.4 Å². The van der Waals surface area contributed by atoms with Crippen LogP contribution in [0, 0.1) is 13.8 Å². The molecule has 5 nitrogen and oxygen atoms in total. The molecule has 3 aromatic rings. The molecule has 3 rings (SSSR count). The second kappa shape index (κ2) is 7.03. The zero-order valence-corrected chi connectivity index (χ0v) is 15.2. The summed E-state index contributed by atoms with van der Waals surface area (Å²) in [6, 6.07) is 11.2. The average Bonchev–Trinajstić information content (AvgIpc) is 2.98. The Balaban J connectivity index is 1.85. The lowest BCUT2D eigenvalue weighted by Gasteiger charge is -2.07. The van der Waals surface area contributed by atoms with Crippen molar-refractivity contribution >= 4 is 44.2 Å². The van der Waals surface area contributed by atoms with Gasteiger partial charge in [-0.1, -0.05) is 36.0 Å². The molecule has 0 fully saturated rings. The first-order chi connectivity index (χ1) is 12.0. The lowest BCUT2D eigenvalue weighted by molar-refractivity contribution is -0.115. The van der Waals surface area contributed by atoms with Crippen LogP contribution in [0.25, 0.3) is 10.2 Å². The summed E-state index contributed by atoms with van der Waals surface area (Å²) in [7, 11) is 0. The van der Waals surface area contributed by atoms with Gasteiger partial charge in [0, 0.05) is 17.7 Å². The number of amides is 2. The molecule has 0 bridgehead atoms. The standard InChI is InChI=1S/C19H19N3O2S/c1-4-16(23)21-19-22-17-12(3)9-14(10-15(17)25-19)20-18(24)13-7-5-11(2)6-8-13/h5-10H,4H2,1-3H3,(H,20,24)(H,21,22,23). The van der Waals surface area contributed by atoms with Crippen LogP contribution < -0.4 is 10.6 Å². The van der Waals surface area contributed by atoms with E-state index in [1.165, 1.54) is 11.3 Å². The molecule has 2 N–H and O–H groups in total. The molecule has 128 valence electrons. The van der Waals surface area contributed by atoms with Crippen LogP contribution in [-0.4, -0.2) is 16.8 Å². The minimum absolute atomic E-state index is 0.0652. The number of thiazole rings is 1. The molecule has 2 aromatic carbocycles. The maximum Gasteiger partial charge on any atom is 0.255 e. The van der Waals surface area contributed by atoms with Crippen LogP contribution in [-0.2, 0) is 4.79 Å². The summed E-state index contributed by atoms with van der Waals surface area (Å²) >= 11 is 1.40. The van der Waals surface area contributed by atoms with Gasteiger partial charge in [-0.05, 0) is 43.7 Å². The third-order valence-electron chi connectivity index (χ3n) is 3.82. The Morgan fingerprint density at radius 3 is 2.48 bits per heavy atom. The van der Waals surface area contributed by atoms with Gasteiger partial charge in [-0.15, -0.1) is 0 Å². The third kappa shape index (κ3) is 3.85. The number of aryl methyl sites for hydroxylation is 2. The number of rotatable bonds is 4. The van der Waals surface area contributed by atoms with E-state index in [1.807, 2.05) is 38.1 Å². The van der Waals surface area contributed by atoms with E-state index in [9.17, 15) is 9.59 Å². The smallest absolute Gasteiger partial charge is 0.255 e. The monoisotopic (exact) mass is 353 g/mol. The second-order valence-electron chi connectivity index (χ2n) is 5.88. The van der Waals surface area contributed by atoms with Crippen LogP contribution in [0.2, 0.25) is 0 Å². The van der Waals surface area contributed by atoms with Crippen LogP contribution >= 0.6 is 11.3 Å². The highest BCUT2D eigenvalue weighted by Gasteiger charge is 2.12. The fourth-order valence-electron chi connectivity index (χ4n) is 2.44. The van der Waals surface area contributed by atoms with Crippen LogP contribution in [0.1, 0.15) is 34.8 Å². The average molecular weight is 353 g/mol. The van der Waals surface area contributed by atoms with E-state index in [0.717, 1.165) is 21.3 Å². The SMILES string of the molecule is CCC(=O)Nc1nc2c(C)cc(NC(=O)c3ccc(C)cc3)cc2s1. The number of carbonyl (C=O) groups excluding carboxylic acids is 2. The Morgan fingerprint density at radius 1 is 1.08 bits per heavy atom. The molecule has 0 saturated carbocycles. The summed E-state index contributed by atoms with van der Waals surface area (Å²) in [5, 5.41) is 6.28. The van der Waals surface area contributed by atoms with Crippen molar-refractivity contribution in [1.29, 1.82) is 0 Å². The predicted molar refractivity (Wildman–Crippen MR) is 102 cm³/mol. The number of nitrogens with one attached hydrogen (secondary N) is 2. The number of hydrogen-bond acceptors (Lipinski definition) is 4. The van der Waals surface area contributed by atoms with Crippen molar-refractivity contribution in [2.24, 2.45) is 0 Å². The van der Waals surface area contributed by atoms with E-state index in [0.29, 0.717) is 22.8 Å². The molecular formula is C19H19N3O2S. The zero-order valence-electron chi connectivity index (χ0n) is 14.3. The zero-order chi connectivity index (χ0) is 18.0. The summed E-state index contributed by atoms with van der Waals surface area (Å²) in [6.45, 7) is 5.72. The Labute approximate surface area is 150 Å². The maximum absolute atomic E-state index is 12.4. The van der Waals surface area contributed by atoms with Gasteiger partial charge >= 0.3 is 0 Å². The quantitative estimate of drug-likeness (QED) is 0.725. The van der Waals surface area contributed by atoms with Crippen molar-refractivity contribution in [2.45, 2.75) is 27.2 Å². The fourth-order valence-corrected chi connectivity index (χ4v) is 3.44.